The molecule has 0 aromatic carbocycles. The number of Topliss-reactive ketones (excluding diaryl/α,β-unsaturated/α-hetero) is 1. The number of nitrogen functional groups attached to an aromatic ring is 1. The van der Waals surface area contributed by atoms with Crippen molar-refractivity contribution in [3.8, 4) is 0 Å². The molecule has 1 aliphatic heterocycles. The number of carbonyl (C=O) groups is 1. The van der Waals surface area contributed by atoms with E-state index < -0.39 is 28.5 Å². The van der Waals surface area contributed by atoms with Crippen LogP contribution in [0.2, 0.25) is 36.3 Å². The number of ether oxygens (including phenoxy) is 1. The minimum absolute atomic E-state index is 0.0262. The molecule has 9 nitrogen and oxygen atoms in total. The third kappa shape index (κ3) is 4.53. The predicted octanol–water partition coefficient (Wildman–Crippen LogP) is 4.07. The molecule has 2 aromatic rings. The van der Waals surface area contributed by atoms with E-state index in [9.17, 15) is 4.79 Å². The molecule has 3 heterocycles. The van der Waals surface area contributed by atoms with Gasteiger partial charge >= 0.3 is 0 Å². The van der Waals surface area contributed by atoms with Crippen LogP contribution in [0.25, 0.3) is 11.2 Å². The van der Waals surface area contributed by atoms with Crippen LogP contribution in [0.1, 0.15) is 41.5 Å². The SMILES string of the molecule is CC(C)(C)[Si](C)(C)OC[C@H]1OCC(O[Si](C)(C)C(C)(C)C)(n2cnc3c(N)ncnc32)C1=O. The lowest BCUT2D eigenvalue weighted by Gasteiger charge is -2.43. The summed E-state index contributed by atoms with van der Waals surface area (Å²) in [6, 6.07) is 0. The number of fused-ring (bicyclic) bond motifs is 1. The van der Waals surface area contributed by atoms with Crippen LogP contribution in [0.3, 0.4) is 0 Å². The Kier molecular flexibility index (Phi) is 6.47. The third-order valence-electron chi connectivity index (χ3n) is 7.54. The summed E-state index contributed by atoms with van der Waals surface area (Å²) in [6.07, 6.45) is 2.19. The first kappa shape index (κ1) is 25.9. The van der Waals surface area contributed by atoms with Crippen LogP contribution >= 0.6 is 0 Å². The lowest BCUT2D eigenvalue weighted by molar-refractivity contribution is -0.140. The standard InChI is InChI=1S/C22H39N5O4Si2/c1-20(2,3)32(7,8)30-11-15-17(28)22(12-29-15,31-33(9,10)21(4,5)6)27-14-26-16-18(23)24-13-25-19(16)27/h13-15H,11-12H2,1-10H3,(H2,23,24,25)/t15-,22?/m1/s1. The van der Waals surface area contributed by atoms with Gasteiger partial charge < -0.3 is 19.3 Å². The Morgan fingerprint density at radius 3 is 2.27 bits per heavy atom. The third-order valence-corrected chi connectivity index (χ3v) is 16.5. The average Bonchev–Trinajstić information content (AvgIpc) is 3.22. The van der Waals surface area contributed by atoms with E-state index in [1.165, 1.54) is 6.33 Å². The molecular formula is C22H39N5O4Si2. The molecule has 1 saturated heterocycles. The Hall–Kier alpha value is -1.67. The molecule has 0 aliphatic carbocycles. The van der Waals surface area contributed by atoms with Crippen LogP contribution < -0.4 is 5.73 Å². The van der Waals surface area contributed by atoms with Gasteiger partial charge in [0.05, 0.1) is 12.9 Å². The van der Waals surface area contributed by atoms with Crippen molar-refractivity contribution < 1.29 is 18.4 Å². The zero-order chi connectivity index (χ0) is 25.0. The maximum absolute atomic E-state index is 14.0. The Morgan fingerprint density at radius 2 is 1.70 bits per heavy atom. The van der Waals surface area contributed by atoms with Crippen LogP contribution in [0.15, 0.2) is 12.7 Å². The summed E-state index contributed by atoms with van der Waals surface area (Å²) in [4.78, 5) is 26.8. The molecule has 0 saturated carbocycles. The first-order valence-electron chi connectivity index (χ1n) is 11.4. The van der Waals surface area contributed by atoms with Gasteiger partial charge in [-0.3, -0.25) is 9.36 Å². The molecule has 0 radical (unpaired) electrons. The molecule has 0 amide bonds. The van der Waals surface area contributed by atoms with Gasteiger partial charge in [0.25, 0.3) is 0 Å². The molecular weight excluding hydrogens is 454 g/mol. The highest BCUT2D eigenvalue weighted by Gasteiger charge is 2.57. The second-order valence-corrected chi connectivity index (χ2v) is 21.5. The predicted molar refractivity (Wildman–Crippen MR) is 134 cm³/mol. The van der Waals surface area contributed by atoms with Crippen LogP contribution in [0.5, 0.6) is 0 Å². The van der Waals surface area contributed by atoms with E-state index >= 15 is 0 Å². The van der Waals surface area contributed by atoms with Crippen molar-refractivity contribution in [3.05, 3.63) is 12.7 Å². The van der Waals surface area contributed by atoms with Gasteiger partial charge in [0.2, 0.25) is 11.5 Å². The lowest BCUT2D eigenvalue weighted by atomic mass is 10.1. The number of aromatic nitrogens is 4. The van der Waals surface area contributed by atoms with E-state index in [0.717, 1.165) is 0 Å². The van der Waals surface area contributed by atoms with Gasteiger partial charge in [0.15, 0.2) is 28.1 Å². The van der Waals surface area contributed by atoms with Gasteiger partial charge in [0.1, 0.15) is 24.6 Å². The molecule has 11 heteroatoms. The van der Waals surface area contributed by atoms with Gasteiger partial charge in [-0.05, 0) is 36.3 Å². The summed E-state index contributed by atoms with van der Waals surface area (Å²) < 4.78 is 20.9. The average molecular weight is 494 g/mol. The van der Waals surface area contributed by atoms with Crippen molar-refractivity contribution in [1.29, 1.82) is 0 Å². The number of nitrogens with two attached hydrogens (primary N) is 1. The van der Waals surface area contributed by atoms with Crippen molar-refractivity contribution in [3.63, 3.8) is 0 Å². The number of rotatable bonds is 6. The van der Waals surface area contributed by atoms with Gasteiger partial charge in [0, 0.05) is 0 Å². The Morgan fingerprint density at radius 1 is 1.09 bits per heavy atom. The van der Waals surface area contributed by atoms with Gasteiger partial charge in [-0.15, -0.1) is 0 Å². The van der Waals surface area contributed by atoms with Gasteiger partial charge in [-0.1, -0.05) is 41.5 Å². The molecule has 1 aliphatic rings. The summed E-state index contributed by atoms with van der Waals surface area (Å²) in [7, 11) is -4.48. The monoisotopic (exact) mass is 493 g/mol. The normalized spacial score (nSPS) is 23.0. The number of carbonyl (C=O) groups excluding carboxylic acids is 1. The van der Waals surface area contributed by atoms with Crippen LogP contribution in [-0.4, -0.2) is 61.3 Å². The van der Waals surface area contributed by atoms with E-state index in [1.807, 2.05) is 0 Å². The molecule has 33 heavy (non-hydrogen) atoms. The number of hydrogen-bond donors (Lipinski definition) is 1. The number of imidazole rings is 1. The fraction of sp³-hybridized carbons (Fsp3) is 0.727. The highest BCUT2D eigenvalue weighted by atomic mass is 28.4. The van der Waals surface area contributed by atoms with E-state index in [4.69, 9.17) is 19.3 Å². The van der Waals surface area contributed by atoms with Crippen LogP contribution in [-0.2, 0) is 24.1 Å². The number of nitrogens with zero attached hydrogens (tertiary/aromatic N) is 4. The number of hydrogen-bond acceptors (Lipinski definition) is 8. The summed E-state index contributed by atoms with van der Waals surface area (Å²) in [5.74, 6) is 0.0768. The molecule has 2 N–H and O–H groups in total. The fourth-order valence-corrected chi connectivity index (χ4v) is 5.66. The molecule has 0 bridgehead atoms. The minimum Gasteiger partial charge on any atom is -0.414 e. The Balaban J connectivity index is 2.04. The zero-order valence-electron chi connectivity index (χ0n) is 21.6. The smallest absolute Gasteiger partial charge is 0.224 e. The summed E-state index contributed by atoms with van der Waals surface area (Å²) in [6.45, 7) is 21.7. The molecule has 1 unspecified atom stereocenters. The maximum Gasteiger partial charge on any atom is 0.224 e. The van der Waals surface area contributed by atoms with Crippen molar-refractivity contribution in [2.75, 3.05) is 18.9 Å². The molecule has 0 spiro atoms. The zero-order valence-corrected chi connectivity index (χ0v) is 23.6. The highest BCUT2D eigenvalue weighted by Crippen LogP contribution is 2.44. The first-order chi connectivity index (χ1) is 14.9. The van der Waals surface area contributed by atoms with Gasteiger partial charge in [-0.2, -0.15) is 0 Å². The van der Waals surface area contributed by atoms with E-state index in [-0.39, 0.29) is 34.9 Å². The number of ketones is 1. The molecule has 3 rings (SSSR count). The molecule has 2 atom stereocenters. The Bertz CT molecular complexity index is 1040. The lowest BCUT2D eigenvalue weighted by Crippen LogP contribution is -2.55. The minimum atomic E-state index is -2.42. The first-order valence-corrected chi connectivity index (χ1v) is 17.2. The second-order valence-electron chi connectivity index (χ2n) is 11.9. The number of anilines is 1. The highest BCUT2D eigenvalue weighted by molar-refractivity contribution is 6.74. The molecule has 2 aromatic heterocycles. The van der Waals surface area contributed by atoms with Crippen molar-refractivity contribution in [2.24, 2.45) is 0 Å². The molecule has 1 fully saturated rings. The van der Waals surface area contributed by atoms with E-state index in [1.54, 1.807) is 10.9 Å². The van der Waals surface area contributed by atoms with E-state index in [2.05, 4.69) is 82.7 Å². The quantitative estimate of drug-likeness (QED) is 0.599. The fourth-order valence-electron chi connectivity index (χ4n) is 3.25. The topological polar surface area (TPSA) is 114 Å². The summed E-state index contributed by atoms with van der Waals surface area (Å²) in [5, 5.41) is -0.0984. The van der Waals surface area contributed by atoms with Crippen molar-refractivity contribution in [1.82, 2.24) is 19.5 Å². The van der Waals surface area contributed by atoms with Crippen LogP contribution in [0, 0.1) is 0 Å². The summed E-state index contributed by atoms with van der Waals surface area (Å²) in [5.41, 5.74) is 5.51. The van der Waals surface area contributed by atoms with Crippen LogP contribution in [0.4, 0.5) is 5.82 Å². The molecule has 184 valence electrons. The van der Waals surface area contributed by atoms with Gasteiger partial charge in [-0.25, -0.2) is 15.0 Å². The largest absolute Gasteiger partial charge is 0.414 e. The van der Waals surface area contributed by atoms with E-state index in [0.29, 0.717) is 11.2 Å². The summed E-state index contributed by atoms with van der Waals surface area (Å²) >= 11 is 0. The Labute approximate surface area is 198 Å². The van der Waals surface area contributed by atoms with Crippen molar-refractivity contribution in [2.45, 2.75) is 89.6 Å². The van der Waals surface area contributed by atoms with Crippen molar-refractivity contribution >= 4 is 39.4 Å². The second kappa shape index (κ2) is 8.22. The maximum atomic E-state index is 14.0.